The highest BCUT2D eigenvalue weighted by Gasteiger charge is 2.20. The van der Waals surface area contributed by atoms with Crippen LogP contribution in [0.15, 0.2) is 51.8 Å². The van der Waals surface area contributed by atoms with Crippen LogP contribution >= 0.6 is 15.9 Å². The molecule has 0 bridgehead atoms. The monoisotopic (exact) mass is 358 g/mol. The summed E-state index contributed by atoms with van der Waals surface area (Å²) in [6, 6.07) is 10.5. The minimum atomic E-state index is -3.99. The Labute approximate surface area is 125 Å². The largest absolute Gasteiger partial charge is 0.326 e. The second-order valence-electron chi connectivity index (χ2n) is 4.05. The second-order valence-corrected chi connectivity index (χ2v) is 6.56. The lowest BCUT2D eigenvalue weighted by Crippen LogP contribution is -2.15. The van der Waals surface area contributed by atoms with E-state index in [2.05, 4.69) is 20.7 Å². The Balaban J connectivity index is 2.39. The van der Waals surface area contributed by atoms with Crippen molar-refractivity contribution in [2.24, 2.45) is 5.73 Å². The lowest BCUT2D eigenvalue weighted by atomic mass is 10.2. The average Bonchev–Trinajstić information content (AvgIpc) is 2.40. The van der Waals surface area contributed by atoms with Crippen LogP contribution in [-0.4, -0.2) is 8.42 Å². The van der Waals surface area contributed by atoms with Crippen LogP contribution < -0.4 is 10.5 Å². The standard InChI is InChI=1S/C13H12BrFN2O2S/c14-10-3-1-2-4-12(10)17-20(18,19)13-6-5-9(8-16)7-11(13)15/h1-7,17H,8,16H2. The summed E-state index contributed by atoms with van der Waals surface area (Å²) in [6.45, 7) is 0.148. The highest BCUT2D eigenvalue weighted by Crippen LogP contribution is 2.25. The molecule has 0 aliphatic rings. The molecule has 0 unspecified atom stereocenters. The van der Waals surface area contributed by atoms with Gasteiger partial charge in [0.15, 0.2) is 0 Å². The van der Waals surface area contributed by atoms with Crippen molar-refractivity contribution in [1.29, 1.82) is 0 Å². The summed E-state index contributed by atoms with van der Waals surface area (Å²) in [7, 11) is -3.99. The van der Waals surface area contributed by atoms with Gasteiger partial charge in [0.2, 0.25) is 0 Å². The van der Waals surface area contributed by atoms with E-state index in [1.54, 1.807) is 24.3 Å². The normalized spacial score (nSPS) is 11.3. The molecule has 0 aromatic heterocycles. The summed E-state index contributed by atoms with van der Waals surface area (Å²) in [5.41, 5.74) is 6.26. The van der Waals surface area contributed by atoms with Crippen molar-refractivity contribution in [2.75, 3.05) is 4.72 Å². The molecule has 0 fully saturated rings. The Morgan fingerprint density at radius 1 is 1.20 bits per heavy atom. The van der Waals surface area contributed by atoms with Gasteiger partial charge in [-0.05, 0) is 45.8 Å². The van der Waals surface area contributed by atoms with Crippen LogP contribution in [0.5, 0.6) is 0 Å². The molecular weight excluding hydrogens is 347 g/mol. The first-order valence-corrected chi connectivity index (χ1v) is 7.97. The summed E-state index contributed by atoms with van der Waals surface area (Å²) in [5, 5.41) is 0. The molecule has 20 heavy (non-hydrogen) atoms. The first-order chi connectivity index (χ1) is 9.44. The van der Waals surface area contributed by atoms with E-state index in [0.29, 0.717) is 15.7 Å². The number of hydrogen-bond acceptors (Lipinski definition) is 3. The molecular formula is C13H12BrFN2O2S. The zero-order valence-electron chi connectivity index (χ0n) is 10.3. The van der Waals surface area contributed by atoms with Gasteiger partial charge in [0.25, 0.3) is 10.0 Å². The summed E-state index contributed by atoms with van der Waals surface area (Å²) in [6.07, 6.45) is 0. The van der Waals surface area contributed by atoms with Crippen molar-refractivity contribution < 1.29 is 12.8 Å². The summed E-state index contributed by atoms with van der Waals surface area (Å²) < 4.78 is 41.1. The fraction of sp³-hybridized carbons (Fsp3) is 0.0769. The molecule has 0 aliphatic carbocycles. The third-order valence-corrected chi connectivity index (χ3v) is 4.73. The van der Waals surface area contributed by atoms with Gasteiger partial charge in [0.05, 0.1) is 5.69 Å². The van der Waals surface area contributed by atoms with E-state index < -0.39 is 20.7 Å². The Kier molecular flexibility index (Phi) is 4.42. The minimum Gasteiger partial charge on any atom is -0.326 e. The van der Waals surface area contributed by atoms with Crippen molar-refractivity contribution >= 4 is 31.6 Å². The van der Waals surface area contributed by atoms with E-state index in [1.165, 1.54) is 12.1 Å². The molecule has 0 spiro atoms. The third kappa shape index (κ3) is 3.17. The lowest BCUT2D eigenvalue weighted by molar-refractivity contribution is 0.569. The van der Waals surface area contributed by atoms with Gasteiger partial charge in [-0.15, -0.1) is 0 Å². The van der Waals surface area contributed by atoms with Crippen molar-refractivity contribution in [1.82, 2.24) is 0 Å². The van der Waals surface area contributed by atoms with Crippen LogP contribution in [0, 0.1) is 5.82 Å². The Hall–Kier alpha value is -1.44. The van der Waals surface area contributed by atoms with E-state index in [1.807, 2.05) is 0 Å². The molecule has 7 heteroatoms. The fourth-order valence-electron chi connectivity index (χ4n) is 1.63. The third-order valence-electron chi connectivity index (χ3n) is 2.64. The van der Waals surface area contributed by atoms with Gasteiger partial charge >= 0.3 is 0 Å². The number of nitrogens with one attached hydrogen (secondary N) is 1. The minimum absolute atomic E-state index is 0.148. The summed E-state index contributed by atoms with van der Waals surface area (Å²) in [4.78, 5) is -0.412. The highest BCUT2D eigenvalue weighted by atomic mass is 79.9. The van der Waals surface area contributed by atoms with Gasteiger partial charge in [-0.3, -0.25) is 4.72 Å². The molecule has 0 atom stereocenters. The lowest BCUT2D eigenvalue weighted by Gasteiger charge is -2.10. The number of anilines is 1. The second kappa shape index (κ2) is 5.90. The number of halogens is 2. The van der Waals surface area contributed by atoms with Crippen LogP contribution in [-0.2, 0) is 16.6 Å². The Morgan fingerprint density at radius 3 is 2.50 bits per heavy atom. The average molecular weight is 359 g/mol. The predicted octanol–water partition coefficient (Wildman–Crippen LogP) is 2.85. The topological polar surface area (TPSA) is 72.2 Å². The Bertz CT molecular complexity index is 735. The van der Waals surface area contributed by atoms with Crippen LogP contribution in [0.25, 0.3) is 0 Å². The van der Waals surface area contributed by atoms with Gasteiger partial charge in [-0.25, -0.2) is 12.8 Å². The highest BCUT2D eigenvalue weighted by molar-refractivity contribution is 9.10. The van der Waals surface area contributed by atoms with Crippen molar-refractivity contribution in [2.45, 2.75) is 11.4 Å². The maximum atomic E-state index is 13.8. The van der Waals surface area contributed by atoms with Crippen LogP contribution in [0.1, 0.15) is 5.56 Å². The first kappa shape index (κ1) is 15.0. The number of nitrogens with two attached hydrogens (primary N) is 1. The van der Waals surface area contributed by atoms with E-state index >= 15 is 0 Å². The van der Waals surface area contributed by atoms with Gasteiger partial charge in [0, 0.05) is 11.0 Å². The molecule has 0 saturated heterocycles. The molecule has 0 aliphatic heterocycles. The van der Waals surface area contributed by atoms with Gasteiger partial charge in [0.1, 0.15) is 10.7 Å². The Morgan fingerprint density at radius 2 is 1.90 bits per heavy atom. The van der Waals surface area contributed by atoms with Crippen LogP contribution in [0.2, 0.25) is 0 Å². The quantitative estimate of drug-likeness (QED) is 0.882. The molecule has 2 rings (SSSR count). The van der Waals surface area contributed by atoms with Crippen molar-refractivity contribution in [3.05, 3.63) is 58.3 Å². The van der Waals surface area contributed by atoms with Gasteiger partial charge in [-0.2, -0.15) is 0 Å². The summed E-state index contributed by atoms with van der Waals surface area (Å²) in [5.74, 6) is -0.826. The smallest absolute Gasteiger partial charge is 0.264 e. The van der Waals surface area contributed by atoms with Gasteiger partial charge < -0.3 is 5.73 Å². The predicted molar refractivity (Wildman–Crippen MR) is 79.2 cm³/mol. The van der Waals surface area contributed by atoms with Crippen LogP contribution in [0.4, 0.5) is 10.1 Å². The first-order valence-electron chi connectivity index (χ1n) is 5.70. The molecule has 4 nitrogen and oxygen atoms in total. The number of sulfonamides is 1. The molecule has 3 N–H and O–H groups in total. The van der Waals surface area contributed by atoms with Gasteiger partial charge in [-0.1, -0.05) is 18.2 Å². The SMILES string of the molecule is NCc1ccc(S(=O)(=O)Nc2ccccc2Br)c(F)c1. The molecule has 106 valence electrons. The number of para-hydroxylation sites is 1. The maximum absolute atomic E-state index is 13.8. The van der Waals surface area contributed by atoms with E-state index in [4.69, 9.17) is 5.73 Å². The molecule has 2 aromatic carbocycles. The zero-order valence-corrected chi connectivity index (χ0v) is 12.7. The van der Waals surface area contributed by atoms with Crippen molar-refractivity contribution in [3.63, 3.8) is 0 Å². The molecule has 2 aromatic rings. The number of benzene rings is 2. The van der Waals surface area contributed by atoms with E-state index in [9.17, 15) is 12.8 Å². The van der Waals surface area contributed by atoms with E-state index in [0.717, 1.165) is 6.07 Å². The van der Waals surface area contributed by atoms with E-state index in [-0.39, 0.29) is 6.54 Å². The maximum Gasteiger partial charge on any atom is 0.264 e. The number of hydrogen-bond donors (Lipinski definition) is 2. The molecule has 0 saturated carbocycles. The number of rotatable bonds is 4. The zero-order chi connectivity index (χ0) is 14.8. The van der Waals surface area contributed by atoms with Crippen LogP contribution in [0.3, 0.4) is 0 Å². The molecule has 0 amide bonds. The summed E-state index contributed by atoms with van der Waals surface area (Å²) >= 11 is 3.23. The fourth-order valence-corrected chi connectivity index (χ4v) is 3.29. The molecule has 0 heterocycles. The van der Waals surface area contributed by atoms with Crippen molar-refractivity contribution in [3.8, 4) is 0 Å². The molecule has 0 radical (unpaired) electrons.